The van der Waals surface area contributed by atoms with Crippen molar-refractivity contribution < 1.29 is 13.2 Å². The van der Waals surface area contributed by atoms with Gasteiger partial charge in [0.2, 0.25) is 19.3 Å². The van der Waals surface area contributed by atoms with Crippen LogP contribution in [0.25, 0.3) is 0 Å². The van der Waals surface area contributed by atoms with Crippen molar-refractivity contribution in [1.29, 1.82) is 0 Å². The lowest BCUT2D eigenvalue weighted by atomic mass is 10.4. The quantitative estimate of drug-likeness (QED) is 0.511. The maximum Gasteiger partial charge on any atom is 0.290 e. The number of anilines is 1. The van der Waals surface area contributed by atoms with Gasteiger partial charge in [-0.3, -0.25) is 10.1 Å². The van der Waals surface area contributed by atoms with Crippen molar-refractivity contribution in [3.05, 3.63) is 43.0 Å². The Morgan fingerprint density at radius 3 is 2.71 bits per heavy atom. The molecule has 0 aliphatic heterocycles. The fourth-order valence-electron chi connectivity index (χ4n) is 1.32. The maximum atomic E-state index is 11.8. The second-order valence-electron chi connectivity index (χ2n) is 3.77. The van der Waals surface area contributed by atoms with E-state index in [-0.39, 0.29) is 20.5 Å². The third-order valence-corrected chi connectivity index (χ3v) is 5.90. The summed E-state index contributed by atoms with van der Waals surface area (Å²) in [5.74, 6) is -0.214. The molecule has 0 radical (unpaired) electrons. The van der Waals surface area contributed by atoms with Crippen LogP contribution in [-0.4, -0.2) is 29.6 Å². The summed E-state index contributed by atoms with van der Waals surface area (Å²) in [6, 6.07) is 9.08. The maximum absolute atomic E-state index is 11.8. The Morgan fingerprint density at radius 1 is 1.33 bits per heavy atom. The molecule has 1 heterocycles. The zero-order valence-corrected chi connectivity index (χ0v) is 13.2. The van der Waals surface area contributed by atoms with Crippen LogP contribution in [0, 0.1) is 0 Å². The molecule has 21 heavy (non-hydrogen) atoms. The molecule has 2 aromatic rings. The number of aromatic nitrogens is 2. The number of nitrogens with zero attached hydrogens (tertiary/aromatic N) is 2. The van der Waals surface area contributed by atoms with Crippen LogP contribution in [0.15, 0.2) is 52.2 Å². The van der Waals surface area contributed by atoms with Crippen LogP contribution in [-0.2, 0) is 9.84 Å². The first-order valence-electron chi connectivity index (χ1n) is 5.72. The molecule has 0 saturated heterocycles. The fraction of sp³-hybridized carbons (Fsp3) is 0.0833. The van der Waals surface area contributed by atoms with E-state index in [1.807, 2.05) is 18.2 Å². The van der Waals surface area contributed by atoms with Crippen LogP contribution >= 0.6 is 23.1 Å². The summed E-state index contributed by atoms with van der Waals surface area (Å²) >= 11 is 1.80. The minimum atomic E-state index is -3.52. The third kappa shape index (κ3) is 4.38. The molecule has 0 unspecified atom stereocenters. The van der Waals surface area contributed by atoms with E-state index in [1.165, 1.54) is 6.08 Å². The summed E-state index contributed by atoms with van der Waals surface area (Å²) in [7, 11) is -3.52. The number of benzene rings is 1. The van der Waals surface area contributed by atoms with Gasteiger partial charge < -0.3 is 0 Å². The first-order valence-corrected chi connectivity index (χ1v) is 9.01. The highest BCUT2D eigenvalue weighted by Gasteiger charge is 2.19. The van der Waals surface area contributed by atoms with E-state index < -0.39 is 9.84 Å². The molecule has 9 heteroatoms. The van der Waals surface area contributed by atoms with E-state index in [4.69, 9.17) is 0 Å². The highest BCUT2D eigenvalue weighted by atomic mass is 32.2. The molecule has 110 valence electrons. The summed E-state index contributed by atoms with van der Waals surface area (Å²) in [4.78, 5) is 12.6. The van der Waals surface area contributed by atoms with Gasteiger partial charge >= 0.3 is 0 Å². The molecule has 0 spiro atoms. The second-order valence-corrected chi connectivity index (χ2v) is 8.00. The van der Waals surface area contributed by atoms with E-state index in [0.717, 1.165) is 28.0 Å². The zero-order chi connectivity index (χ0) is 15.3. The Labute approximate surface area is 130 Å². The van der Waals surface area contributed by atoms with E-state index in [9.17, 15) is 13.2 Å². The van der Waals surface area contributed by atoms with E-state index in [2.05, 4.69) is 22.1 Å². The lowest BCUT2D eigenvalue weighted by molar-refractivity contribution is 0.269. The van der Waals surface area contributed by atoms with Gasteiger partial charge in [0.25, 0.3) is 5.24 Å². The number of rotatable bonds is 5. The lowest BCUT2D eigenvalue weighted by Crippen LogP contribution is -2.04. The molecule has 0 aliphatic carbocycles. The van der Waals surface area contributed by atoms with E-state index >= 15 is 0 Å². The molecule has 0 saturated carbocycles. The molecule has 6 nitrogen and oxygen atoms in total. The summed E-state index contributed by atoms with van der Waals surface area (Å²) < 4.78 is 23.3. The van der Waals surface area contributed by atoms with E-state index in [0.29, 0.717) is 0 Å². The smallest absolute Gasteiger partial charge is 0.290 e. The minimum absolute atomic E-state index is 0.137. The molecular weight excluding hydrogens is 330 g/mol. The van der Waals surface area contributed by atoms with Crippen LogP contribution in [0.4, 0.5) is 9.93 Å². The number of thioether (sulfide) groups is 1. The Bertz CT molecular complexity index is 741. The van der Waals surface area contributed by atoms with Gasteiger partial charge in [0.05, 0.1) is 5.75 Å². The van der Waals surface area contributed by atoms with Crippen molar-refractivity contribution in [2.24, 2.45) is 0 Å². The minimum Gasteiger partial charge on any atom is -0.291 e. The van der Waals surface area contributed by atoms with Gasteiger partial charge in [0.15, 0.2) is 0 Å². The van der Waals surface area contributed by atoms with E-state index in [1.54, 1.807) is 12.1 Å². The first kappa shape index (κ1) is 15.7. The molecule has 0 bridgehead atoms. The largest absolute Gasteiger partial charge is 0.291 e. The molecule has 0 aliphatic rings. The average molecular weight is 341 g/mol. The van der Waals surface area contributed by atoms with Gasteiger partial charge in [-0.1, -0.05) is 35.6 Å². The number of carbonyl (C=O) groups is 1. The summed E-state index contributed by atoms with van der Waals surface area (Å²) in [5, 5.41) is 9.52. The number of carbonyl (C=O) groups excluding carboxylic acids is 1. The molecule has 1 aromatic heterocycles. The first-order chi connectivity index (χ1) is 10.0. The monoisotopic (exact) mass is 341 g/mol. The Kier molecular flexibility index (Phi) is 5.10. The number of sulfone groups is 1. The number of hydrogen-bond acceptors (Lipinski definition) is 7. The normalized spacial score (nSPS) is 11.0. The lowest BCUT2D eigenvalue weighted by Gasteiger charge is -1.99. The van der Waals surface area contributed by atoms with Gasteiger partial charge in [0, 0.05) is 4.90 Å². The standard InChI is InChI=1S/C12H11N3O3S3/c1-2-8-21(17,18)12-15-14-10(20-12)13-11(16)19-9-6-4-3-5-7-9/h2-7H,1,8H2,(H,13,14,16). The SMILES string of the molecule is C=CCS(=O)(=O)c1nnc(NC(=O)Sc2ccccc2)s1. The Balaban J connectivity index is 2.03. The van der Waals surface area contributed by atoms with Gasteiger partial charge in [-0.15, -0.1) is 16.8 Å². The van der Waals surface area contributed by atoms with Crippen LogP contribution in [0.2, 0.25) is 0 Å². The van der Waals surface area contributed by atoms with Crippen LogP contribution in [0.3, 0.4) is 0 Å². The predicted molar refractivity (Wildman–Crippen MR) is 83.5 cm³/mol. The second kappa shape index (κ2) is 6.83. The molecule has 2 rings (SSSR count). The Hall–Kier alpha value is -1.71. The van der Waals surface area contributed by atoms with Gasteiger partial charge in [-0.2, -0.15) is 0 Å². The molecule has 0 fully saturated rings. The molecule has 0 atom stereocenters. The summed E-state index contributed by atoms with van der Waals surface area (Å²) in [6.07, 6.45) is 1.28. The van der Waals surface area contributed by atoms with Crippen molar-refractivity contribution >= 4 is 43.3 Å². The van der Waals surface area contributed by atoms with Crippen molar-refractivity contribution in [1.82, 2.24) is 10.2 Å². The van der Waals surface area contributed by atoms with Crippen molar-refractivity contribution in [2.75, 3.05) is 11.1 Å². The molecule has 1 aromatic carbocycles. The van der Waals surface area contributed by atoms with Crippen molar-refractivity contribution in [2.45, 2.75) is 9.24 Å². The van der Waals surface area contributed by atoms with Crippen LogP contribution < -0.4 is 5.32 Å². The predicted octanol–water partition coefficient (Wildman–Crippen LogP) is 2.82. The highest BCUT2D eigenvalue weighted by molar-refractivity contribution is 8.14. The third-order valence-electron chi connectivity index (χ3n) is 2.17. The van der Waals surface area contributed by atoms with Crippen LogP contribution in [0.1, 0.15) is 0 Å². The van der Waals surface area contributed by atoms with Gasteiger partial charge in [0.1, 0.15) is 0 Å². The van der Waals surface area contributed by atoms with Crippen LogP contribution in [0.5, 0.6) is 0 Å². The van der Waals surface area contributed by atoms with Gasteiger partial charge in [-0.25, -0.2) is 8.42 Å². The number of hydrogen-bond donors (Lipinski definition) is 1. The summed E-state index contributed by atoms with van der Waals surface area (Å²) in [5.41, 5.74) is 0. The molecule has 1 N–H and O–H groups in total. The number of nitrogens with one attached hydrogen (secondary N) is 1. The molecule has 1 amide bonds. The molecular formula is C12H11N3O3S3. The Morgan fingerprint density at radius 2 is 2.05 bits per heavy atom. The van der Waals surface area contributed by atoms with Crippen molar-refractivity contribution in [3.63, 3.8) is 0 Å². The topological polar surface area (TPSA) is 89.0 Å². The highest BCUT2D eigenvalue weighted by Crippen LogP contribution is 2.24. The zero-order valence-electron chi connectivity index (χ0n) is 10.7. The van der Waals surface area contributed by atoms with Gasteiger partial charge in [-0.05, 0) is 23.9 Å². The van der Waals surface area contributed by atoms with Crippen molar-refractivity contribution in [3.8, 4) is 0 Å². The average Bonchev–Trinajstić information content (AvgIpc) is 2.89. The number of amides is 1. The summed E-state index contributed by atoms with van der Waals surface area (Å²) in [6.45, 7) is 3.38. The fourth-order valence-corrected chi connectivity index (χ4v) is 4.08.